The quantitative estimate of drug-likeness (QED) is 0.536. The van der Waals surface area contributed by atoms with Gasteiger partial charge in [-0.25, -0.2) is 9.37 Å². The molecule has 3 heterocycles. The zero-order valence-corrected chi connectivity index (χ0v) is 16.1. The van der Waals surface area contributed by atoms with E-state index in [1.807, 2.05) is 0 Å². The Morgan fingerprint density at radius 1 is 1.40 bits per heavy atom. The fourth-order valence-corrected chi connectivity index (χ4v) is 3.40. The molecule has 0 atom stereocenters. The lowest BCUT2D eigenvalue weighted by Gasteiger charge is -2.17. The molecule has 0 unspecified atom stereocenters. The Morgan fingerprint density at radius 2 is 2.23 bits per heavy atom. The topological polar surface area (TPSA) is 126 Å². The second-order valence-corrected chi connectivity index (χ2v) is 6.76. The van der Waals surface area contributed by atoms with Gasteiger partial charge in [0, 0.05) is 54.0 Å². The number of anilines is 2. The van der Waals surface area contributed by atoms with Gasteiger partial charge in [-0.3, -0.25) is 4.68 Å². The molecule has 9 heteroatoms. The largest absolute Gasteiger partial charge is 0.485 e. The number of aromatic nitrogens is 3. The third kappa shape index (κ3) is 3.46. The van der Waals surface area contributed by atoms with Gasteiger partial charge in [-0.1, -0.05) is 0 Å². The summed E-state index contributed by atoms with van der Waals surface area (Å²) < 4.78 is 21.2. The second-order valence-electron chi connectivity index (χ2n) is 6.76. The molecule has 0 saturated heterocycles. The Kier molecular flexibility index (Phi) is 4.90. The van der Waals surface area contributed by atoms with Crippen LogP contribution in [0.4, 0.5) is 15.9 Å². The van der Waals surface area contributed by atoms with Gasteiger partial charge in [0.25, 0.3) is 0 Å². The van der Waals surface area contributed by atoms with Crippen LogP contribution >= 0.6 is 0 Å². The monoisotopic (exact) mass is 403 g/mol. The van der Waals surface area contributed by atoms with E-state index in [1.54, 1.807) is 31.5 Å². The van der Waals surface area contributed by atoms with Crippen LogP contribution in [-0.4, -0.2) is 21.0 Å². The minimum absolute atomic E-state index is 0.0539. The second kappa shape index (κ2) is 7.67. The number of nitrogens with two attached hydrogens (primary N) is 1. The van der Waals surface area contributed by atoms with Crippen LogP contribution < -0.4 is 15.8 Å². The van der Waals surface area contributed by atoms with Crippen LogP contribution in [0.1, 0.15) is 17.0 Å². The molecule has 0 saturated carbocycles. The molecule has 0 aliphatic carbocycles. The number of nitrogens with zero attached hydrogens (tertiary/aromatic N) is 4. The molecule has 150 valence electrons. The van der Waals surface area contributed by atoms with Gasteiger partial charge < -0.3 is 21.2 Å². The highest BCUT2D eigenvalue weighted by molar-refractivity contribution is 5.76. The van der Waals surface area contributed by atoms with E-state index >= 15 is 0 Å². The highest BCUT2D eigenvalue weighted by Gasteiger charge is 2.22. The normalized spacial score (nSPS) is 14.2. The summed E-state index contributed by atoms with van der Waals surface area (Å²) in [6.45, 7) is 0.0539. The lowest BCUT2D eigenvalue weighted by Crippen LogP contribution is -2.10. The Balaban J connectivity index is 1.95. The maximum Gasteiger partial charge on any atom is 0.166 e. The standard InChI is InChI=1S/C21H18FN7O/c1-29-18(9-24)20-12-7-19(21(25)26-10-12)30-11-13-6-14(22)2-3-16(13)27-15(4-5-23)8-17(20)28-29/h2-7,10,23,27H,8,11H2,1H3,(H2,25,26)/b15-4-,23-5?. The molecule has 30 heavy (non-hydrogen) atoms. The van der Waals surface area contributed by atoms with Crippen LogP contribution in [-0.2, 0) is 20.1 Å². The molecule has 1 aromatic carbocycles. The number of nitrogens with one attached hydrogen (secondary N) is 2. The van der Waals surface area contributed by atoms with Crippen molar-refractivity contribution in [3.05, 3.63) is 65.0 Å². The molecular weight excluding hydrogens is 385 g/mol. The number of benzene rings is 1. The summed E-state index contributed by atoms with van der Waals surface area (Å²) in [5.74, 6) is 0.127. The van der Waals surface area contributed by atoms with Gasteiger partial charge in [0.15, 0.2) is 11.6 Å². The number of halogens is 1. The highest BCUT2D eigenvalue weighted by Crippen LogP contribution is 2.34. The minimum Gasteiger partial charge on any atom is -0.485 e. The number of ether oxygens (including phenoxy) is 1. The van der Waals surface area contributed by atoms with Gasteiger partial charge in [-0.05, 0) is 30.3 Å². The first-order valence-electron chi connectivity index (χ1n) is 9.10. The number of aryl methyl sites for hydroxylation is 1. The average Bonchev–Trinajstić information content (AvgIpc) is 3.03. The van der Waals surface area contributed by atoms with Gasteiger partial charge in [0.05, 0.1) is 5.69 Å². The Bertz CT molecular complexity index is 1220. The molecule has 1 aliphatic rings. The Labute approximate surface area is 171 Å². The predicted molar refractivity (Wildman–Crippen MR) is 110 cm³/mol. The van der Waals surface area contributed by atoms with E-state index in [1.165, 1.54) is 16.8 Å². The molecule has 0 fully saturated rings. The van der Waals surface area contributed by atoms with Crippen molar-refractivity contribution in [1.82, 2.24) is 14.8 Å². The van der Waals surface area contributed by atoms with Crippen molar-refractivity contribution in [2.24, 2.45) is 7.05 Å². The van der Waals surface area contributed by atoms with Crippen LogP contribution in [0, 0.1) is 22.6 Å². The third-order valence-corrected chi connectivity index (χ3v) is 4.78. The highest BCUT2D eigenvalue weighted by atomic mass is 19.1. The summed E-state index contributed by atoms with van der Waals surface area (Å²) >= 11 is 0. The first kappa shape index (κ1) is 19.1. The number of nitrogen functional groups attached to an aromatic ring is 1. The first-order chi connectivity index (χ1) is 14.5. The SMILES string of the molecule is Cn1nc2c(c1C#N)-c1cnc(N)c(c1)OCc1cc(F)ccc1N/C(=C\C=N)C2. The van der Waals surface area contributed by atoms with E-state index in [9.17, 15) is 9.65 Å². The van der Waals surface area contributed by atoms with Crippen LogP contribution in [0.5, 0.6) is 5.75 Å². The van der Waals surface area contributed by atoms with Crippen molar-refractivity contribution in [2.75, 3.05) is 11.1 Å². The van der Waals surface area contributed by atoms with Crippen LogP contribution in [0.25, 0.3) is 11.1 Å². The Morgan fingerprint density at radius 3 is 3.00 bits per heavy atom. The van der Waals surface area contributed by atoms with Gasteiger partial charge in [-0.15, -0.1) is 0 Å². The smallest absolute Gasteiger partial charge is 0.166 e. The van der Waals surface area contributed by atoms with Gasteiger partial charge in [-0.2, -0.15) is 10.4 Å². The van der Waals surface area contributed by atoms with E-state index in [-0.39, 0.29) is 12.4 Å². The average molecular weight is 403 g/mol. The summed E-state index contributed by atoms with van der Waals surface area (Å²) in [5.41, 5.74) is 10.1. The summed E-state index contributed by atoms with van der Waals surface area (Å²) in [7, 11) is 1.69. The molecule has 0 radical (unpaired) electrons. The lowest BCUT2D eigenvalue weighted by atomic mass is 10.0. The molecule has 2 aromatic heterocycles. The molecule has 0 spiro atoms. The summed E-state index contributed by atoms with van der Waals surface area (Å²) in [5, 5.41) is 24.9. The van der Waals surface area contributed by atoms with Crippen LogP contribution in [0.2, 0.25) is 0 Å². The molecule has 8 nitrogen and oxygen atoms in total. The maximum atomic E-state index is 13.9. The fourth-order valence-electron chi connectivity index (χ4n) is 3.40. The molecule has 0 amide bonds. The van der Waals surface area contributed by atoms with Crippen molar-refractivity contribution >= 4 is 17.7 Å². The number of fused-ring (bicyclic) bond motifs is 5. The number of pyridine rings is 1. The van der Waals surface area contributed by atoms with Crippen molar-refractivity contribution in [2.45, 2.75) is 13.0 Å². The molecular formula is C21H18FN7O. The number of allylic oxidation sites excluding steroid dienone is 2. The van der Waals surface area contributed by atoms with E-state index in [4.69, 9.17) is 15.9 Å². The Hall–Kier alpha value is -4.19. The van der Waals surface area contributed by atoms with Crippen molar-refractivity contribution in [3.63, 3.8) is 0 Å². The zero-order valence-electron chi connectivity index (χ0n) is 16.1. The molecule has 4 rings (SSSR count). The van der Waals surface area contributed by atoms with E-state index in [2.05, 4.69) is 21.5 Å². The fraction of sp³-hybridized carbons (Fsp3) is 0.143. The van der Waals surface area contributed by atoms with Gasteiger partial charge >= 0.3 is 0 Å². The van der Waals surface area contributed by atoms with Crippen LogP contribution in [0.3, 0.4) is 0 Å². The van der Waals surface area contributed by atoms with Crippen LogP contribution in [0.15, 0.2) is 42.2 Å². The van der Waals surface area contributed by atoms with E-state index in [0.717, 1.165) is 6.21 Å². The minimum atomic E-state index is -0.394. The number of hydrogen-bond acceptors (Lipinski definition) is 7. The molecule has 3 aromatic rings. The van der Waals surface area contributed by atoms with Crippen molar-refractivity contribution < 1.29 is 9.13 Å². The summed E-state index contributed by atoms with van der Waals surface area (Å²) in [4.78, 5) is 4.21. The third-order valence-electron chi connectivity index (χ3n) is 4.78. The van der Waals surface area contributed by atoms with E-state index < -0.39 is 5.82 Å². The predicted octanol–water partition coefficient (Wildman–Crippen LogP) is 3.16. The van der Waals surface area contributed by atoms with E-state index in [0.29, 0.717) is 51.6 Å². The zero-order chi connectivity index (χ0) is 21.3. The van der Waals surface area contributed by atoms with Gasteiger partial charge in [0.1, 0.15) is 24.2 Å². The molecule has 4 N–H and O–H groups in total. The number of nitriles is 1. The lowest BCUT2D eigenvalue weighted by molar-refractivity contribution is 0.307. The molecule has 1 aliphatic heterocycles. The number of rotatable bonds is 1. The van der Waals surface area contributed by atoms with Crippen molar-refractivity contribution in [3.8, 4) is 22.9 Å². The summed E-state index contributed by atoms with van der Waals surface area (Å²) in [6.07, 6.45) is 4.63. The summed E-state index contributed by atoms with van der Waals surface area (Å²) in [6, 6.07) is 8.22. The number of hydrogen-bond donors (Lipinski definition) is 3. The molecule has 2 bridgehead atoms. The maximum absolute atomic E-state index is 13.9. The van der Waals surface area contributed by atoms with Crippen molar-refractivity contribution in [1.29, 1.82) is 10.7 Å². The first-order valence-corrected chi connectivity index (χ1v) is 9.10. The van der Waals surface area contributed by atoms with Gasteiger partial charge in [0.2, 0.25) is 0 Å².